The molecule has 3 nitrogen and oxygen atoms in total. The molecule has 0 aromatic carbocycles. The minimum atomic E-state index is 0.466. The van der Waals surface area contributed by atoms with Crippen molar-refractivity contribution in [2.24, 2.45) is 0 Å². The molecule has 2 rings (SSSR count). The van der Waals surface area contributed by atoms with E-state index in [0.717, 1.165) is 6.54 Å². The normalized spacial score (nSPS) is 32.5. The van der Waals surface area contributed by atoms with Gasteiger partial charge in [-0.3, -0.25) is 0 Å². The van der Waals surface area contributed by atoms with Crippen LogP contribution in [0.5, 0.6) is 0 Å². The van der Waals surface area contributed by atoms with Gasteiger partial charge >= 0.3 is 0 Å². The Bertz CT molecular complexity index is 224. The van der Waals surface area contributed by atoms with E-state index >= 15 is 0 Å². The number of nitrogens with one attached hydrogen (secondary N) is 1. The van der Waals surface area contributed by atoms with Crippen LogP contribution in [0.2, 0.25) is 0 Å². The average Bonchev–Trinajstić information content (AvgIpc) is 2.73. The summed E-state index contributed by atoms with van der Waals surface area (Å²) in [7, 11) is 0. The molecule has 2 aliphatic rings. The van der Waals surface area contributed by atoms with Gasteiger partial charge in [0.05, 0.1) is 12.2 Å². The molecule has 17 heavy (non-hydrogen) atoms. The lowest BCUT2D eigenvalue weighted by atomic mass is 10.0. The number of rotatable bonds is 4. The minimum absolute atomic E-state index is 0.466. The van der Waals surface area contributed by atoms with Gasteiger partial charge in [-0.25, -0.2) is 0 Å². The van der Waals surface area contributed by atoms with E-state index in [1.54, 1.807) is 0 Å². The van der Waals surface area contributed by atoms with Gasteiger partial charge in [-0.1, -0.05) is 0 Å². The highest BCUT2D eigenvalue weighted by Crippen LogP contribution is 2.19. The number of nitrogens with zero attached hydrogens (tertiary/aromatic N) is 1. The van der Waals surface area contributed by atoms with Crippen LogP contribution < -0.4 is 5.32 Å². The second-order valence-corrected chi connectivity index (χ2v) is 5.96. The zero-order chi connectivity index (χ0) is 12.3. The number of hydrogen-bond donors (Lipinski definition) is 1. The van der Waals surface area contributed by atoms with Crippen LogP contribution in [-0.2, 0) is 4.74 Å². The Labute approximate surface area is 106 Å². The second kappa shape index (κ2) is 6.17. The van der Waals surface area contributed by atoms with E-state index in [0.29, 0.717) is 24.3 Å². The Hall–Kier alpha value is -0.120. The number of ether oxygens (including phenoxy) is 1. The average molecular weight is 240 g/mol. The first-order valence-corrected chi connectivity index (χ1v) is 7.28. The van der Waals surface area contributed by atoms with Crippen molar-refractivity contribution in [3.05, 3.63) is 0 Å². The Morgan fingerprint density at radius 1 is 1.18 bits per heavy atom. The molecule has 3 heteroatoms. The fourth-order valence-corrected chi connectivity index (χ4v) is 2.95. The summed E-state index contributed by atoms with van der Waals surface area (Å²) in [6.45, 7) is 10.3. The largest absolute Gasteiger partial charge is 0.374 e. The van der Waals surface area contributed by atoms with Gasteiger partial charge in [0.25, 0.3) is 0 Å². The van der Waals surface area contributed by atoms with Gasteiger partial charge in [0.2, 0.25) is 0 Å². The van der Waals surface area contributed by atoms with Gasteiger partial charge in [-0.05, 0) is 59.5 Å². The van der Waals surface area contributed by atoms with Gasteiger partial charge < -0.3 is 15.0 Å². The van der Waals surface area contributed by atoms with Crippen LogP contribution in [-0.4, -0.2) is 48.8 Å². The molecule has 1 N–H and O–H groups in total. The molecule has 2 fully saturated rings. The molecule has 0 aliphatic carbocycles. The van der Waals surface area contributed by atoms with Crippen molar-refractivity contribution in [3.63, 3.8) is 0 Å². The van der Waals surface area contributed by atoms with Crippen LogP contribution in [0.1, 0.15) is 46.5 Å². The molecule has 2 atom stereocenters. The SMILES string of the molecule is CC1CCC(CNC2CCN(C(C)C)CC2)O1. The first-order valence-electron chi connectivity index (χ1n) is 7.28. The monoisotopic (exact) mass is 240 g/mol. The van der Waals surface area contributed by atoms with Crippen molar-refractivity contribution < 1.29 is 4.74 Å². The molecule has 100 valence electrons. The predicted molar refractivity (Wildman–Crippen MR) is 71.3 cm³/mol. The maximum Gasteiger partial charge on any atom is 0.0704 e. The van der Waals surface area contributed by atoms with Crippen molar-refractivity contribution in [2.45, 2.75) is 70.7 Å². The summed E-state index contributed by atoms with van der Waals surface area (Å²) in [5.41, 5.74) is 0. The topological polar surface area (TPSA) is 24.5 Å². The van der Waals surface area contributed by atoms with Gasteiger partial charge in [0.1, 0.15) is 0 Å². The Balaban J connectivity index is 1.61. The first kappa shape index (κ1) is 13.3. The van der Waals surface area contributed by atoms with Gasteiger partial charge in [0.15, 0.2) is 0 Å². The first-order chi connectivity index (χ1) is 8.15. The van der Waals surface area contributed by atoms with Gasteiger partial charge in [0, 0.05) is 18.6 Å². The summed E-state index contributed by atoms with van der Waals surface area (Å²) in [5.74, 6) is 0. The third kappa shape index (κ3) is 3.94. The van der Waals surface area contributed by atoms with E-state index in [-0.39, 0.29) is 0 Å². The van der Waals surface area contributed by atoms with Crippen molar-refractivity contribution in [2.75, 3.05) is 19.6 Å². The van der Waals surface area contributed by atoms with Crippen LogP contribution in [0.25, 0.3) is 0 Å². The summed E-state index contributed by atoms with van der Waals surface area (Å²) in [5, 5.41) is 3.69. The standard InChI is InChI=1S/C14H28N2O/c1-11(2)16-8-6-13(7-9-16)15-10-14-5-4-12(3)17-14/h11-15H,4-10H2,1-3H3. The number of hydrogen-bond acceptors (Lipinski definition) is 3. The van der Waals surface area contributed by atoms with Gasteiger partial charge in [-0.15, -0.1) is 0 Å². The molecule has 0 amide bonds. The molecule has 2 heterocycles. The third-order valence-corrected chi connectivity index (χ3v) is 4.21. The number of piperidine rings is 1. The molecule has 0 aromatic heterocycles. The zero-order valence-corrected chi connectivity index (χ0v) is 11.6. The van der Waals surface area contributed by atoms with E-state index in [2.05, 4.69) is 31.0 Å². The Morgan fingerprint density at radius 2 is 1.88 bits per heavy atom. The molecular weight excluding hydrogens is 212 g/mol. The summed E-state index contributed by atoms with van der Waals surface area (Å²) in [4.78, 5) is 2.58. The lowest BCUT2D eigenvalue weighted by Crippen LogP contribution is -2.46. The quantitative estimate of drug-likeness (QED) is 0.813. The van der Waals surface area contributed by atoms with Crippen LogP contribution in [0.3, 0.4) is 0 Å². The minimum Gasteiger partial charge on any atom is -0.374 e. The van der Waals surface area contributed by atoms with Crippen LogP contribution in [0.15, 0.2) is 0 Å². The van der Waals surface area contributed by atoms with Crippen LogP contribution in [0, 0.1) is 0 Å². The van der Waals surface area contributed by atoms with Crippen LogP contribution >= 0.6 is 0 Å². The third-order valence-electron chi connectivity index (χ3n) is 4.21. The highest BCUT2D eigenvalue weighted by Gasteiger charge is 2.24. The fraction of sp³-hybridized carbons (Fsp3) is 1.00. The highest BCUT2D eigenvalue weighted by molar-refractivity contribution is 4.81. The molecule has 2 unspecified atom stereocenters. The lowest BCUT2D eigenvalue weighted by Gasteiger charge is -2.35. The summed E-state index contributed by atoms with van der Waals surface area (Å²) >= 11 is 0. The van der Waals surface area contributed by atoms with E-state index in [9.17, 15) is 0 Å². The molecule has 2 saturated heterocycles. The summed E-state index contributed by atoms with van der Waals surface area (Å²) in [6.07, 6.45) is 6.00. The molecule has 0 radical (unpaired) electrons. The summed E-state index contributed by atoms with van der Waals surface area (Å²) in [6, 6.07) is 1.42. The molecule has 0 aromatic rings. The molecular formula is C14H28N2O. The van der Waals surface area contributed by atoms with Crippen molar-refractivity contribution in [3.8, 4) is 0 Å². The fourth-order valence-electron chi connectivity index (χ4n) is 2.95. The van der Waals surface area contributed by atoms with Crippen LogP contribution in [0.4, 0.5) is 0 Å². The van der Waals surface area contributed by atoms with Crippen molar-refractivity contribution in [1.82, 2.24) is 10.2 Å². The smallest absolute Gasteiger partial charge is 0.0704 e. The van der Waals surface area contributed by atoms with Crippen molar-refractivity contribution >= 4 is 0 Å². The molecule has 2 aliphatic heterocycles. The lowest BCUT2D eigenvalue weighted by molar-refractivity contribution is 0.0517. The molecule has 0 bridgehead atoms. The van der Waals surface area contributed by atoms with Gasteiger partial charge in [-0.2, -0.15) is 0 Å². The van der Waals surface area contributed by atoms with E-state index < -0.39 is 0 Å². The molecule has 0 saturated carbocycles. The maximum absolute atomic E-state index is 5.84. The highest BCUT2D eigenvalue weighted by atomic mass is 16.5. The molecule has 0 spiro atoms. The zero-order valence-electron chi connectivity index (χ0n) is 11.6. The van der Waals surface area contributed by atoms with Crippen molar-refractivity contribution in [1.29, 1.82) is 0 Å². The Kier molecular flexibility index (Phi) is 4.83. The predicted octanol–water partition coefficient (Wildman–Crippen LogP) is 2.02. The van der Waals surface area contributed by atoms with E-state index in [4.69, 9.17) is 4.74 Å². The maximum atomic E-state index is 5.84. The number of likely N-dealkylation sites (tertiary alicyclic amines) is 1. The van der Waals surface area contributed by atoms with E-state index in [1.807, 2.05) is 0 Å². The second-order valence-electron chi connectivity index (χ2n) is 5.96. The Morgan fingerprint density at radius 3 is 2.41 bits per heavy atom. The van der Waals surface area contributed by atoms with E-state index in [1.165, 1.54) is 38.8 Å². The summed E-state index contributed by atoms with van der Waals surface area (Å²) < 4.78 is 5.84.